The molecule has 0 spiro atoms. The smallest absolute Gasteiger partial charge is 0.299 e. The molecule has 10 heteroatoms. The summed E-state index contributed by atoms with van der Waals surface area (Å²) >= 11 is 0. The largest absolute Gasteiger partial charge is 0.497 e. The van der Waals surface area contributed by atoms with Gasteiger partial charge in [-0.05, 0) is 60.0 Å². The van der Waals surface area contributed by atoms with E-state index in [1.807, 2.05) is 31.2 Å². The van der Waals surface area contributed by atoms with Crippen molar-refractivity contribution < 1.29 is 33.4 Å². The Kier molecular flexibility index (Phi) is 9.13. The SMILES string of the molecule is COc1ccc(C(C(=O)Nc2ccc(OC)cc2OC)N(Cc2ccccc2C)C(=O)CN2C(=O)C(=O)c3ccccc32)cc1. The second-order valence-corrected chi connectivity index (χ2v) is 10.4. The van der Waals surface area contributed by atoms with Gasteiger partial charge in [0.25, 0.3) is 17.6 Å². The zero-order chi connectivity index (χ0) is 32.1. The number of ketones is 1. The maximum Gasteiger partial charge on any atom is 0.299 e. The first kappa shape index (κ1) is 30.8. The molecule has 1 N–H and O–H groups in total. The first-order valence-electron chi connectivity index (χ1n) is 14.2. The second-order valence-electron chi connectivity index (χ2n) is 10.4. The van der Waals surface area contributed by atoms with Crippen LogP contribution in [0, 0.1) is 6.92 Å². The van der Waals surface area contributed by atoms with E-state index in [0.717, 1.165) is 11.1 Å². The van der Waals surface area contributed by atoms with Gasteiger partial charge >= 0.3 is 0 Å². The van der Waals surface area contributed by atoms with Gasteiger partial charge in [0.1, 0.15) is 29.8 Å². The van der Waals surface area contributed by atoms with Gasteiger partial charge in [-0.15, -0.1) is 0 Å². The molecule has 3 amide bonds. The van der Waals surface area contributed by atoms with Crippen molar-refractivity contribution in [2.24, 2.45) is 0 Å². The van der Waals surface area contributed by atoms with Crippen molar-refractivity contribution in [3.8, 4) is 17.2 Å². The number of fused-ring (bicyclic) bond motifs is 1. The Bertz CT molecular complexity index is 1750. The fourth-order valence-corrected chi connectivity index (χ4v) is 5.29. The highest BCUT2D eigenvalue weighted by Crippen LogP contribution is 2.34. The van der Waals surface area contributed by atoms with Gasteiger partial charge in [0, 0.05) is 12.6 Å². The minimum atomic E-state index is -1.15. The zero-order valence-corrected chi connectivity index (χ0v) is 25.4. The van der Waals surface area contributed by atoms with Crippen LogP contribution >= 0.6 is 0 Å². The predicted octanol–water partition coefficient (Wildman–Crippen LogP) is 4.96. The van der Waals surface area contributed by atoms with Crippen molar-refractivity contribution in [2.75, 3.05) is 38.1 Å². The molecule has 0 saturated heterocycles. The van der Waals surface area contributed by atoms with Gasteiger partial charge in [0.05, 0.1) is 38.3 Å². The molecule has 0 aromatic heterocycles. The van der Waals surface area contributed by atoms with Gasteiger partial charge in [0.15, 0.2) is 0 Å². The predicted molar refractivity (Wildman–Crippen MR) is 169 cm³/mol. The van der Waals surface area contributed by atoms with E-state index in [9.17, 15) is 19.2 Å². The Morgan fingerprint density at radius 3 is 2.18 bits per heavy atom. The lowest BCUT2D eigenvalue weighted by Crippen LogP contribution is -2.46. The fraction of sp³-hybridized carbons (Fsp3) is 0.200. The van der Waals surface area contributed by atoms with Crippen molar-refractivity contribution in [2.45, 2.75) is 19.5 Å². The minimum absolute atomic E-state index is 0.0486. The summed E-state index contributed by atoms with van der Waals surface area (Å²) in [4.78, 5) is 57.0. The van der Waals surface area contributed by atoms with E-state index in [1.54, 1.807) is 66.7 Å². The number of nitrogens with zero attached hydrogens (tertiary/aromatic N) is 2. The maximum absolute atomic E-state index is 14.4. The molecule has 4 aromatic carbocycles. The molecule has 45 heavy (non-hydrogen) atoms. The number of ether oxygens (including phenoxy) is 3. The lowest BCUT2D eigenvalue weighted by atomic mass is 10.0. The monoisotopic (exact) mass is 607 g/mol. The summed E-state index contributed by atoms with van der Waals surface area (Å²) in [5.41, 5.74) is 3.19. The van der Waals surface area contributed by atoms with Crippen LogP contribution in [-0.4, -0.2) is 56.3 Å². The number of anilines is 2. The van der Waals surface area contributed by atoms with Crippen LogP contribution in [-0.2, 0) is 20.9 Å². The van der Waals surface area contributed by atoms with Crippen LogP contribution in [0.25, 0.3) is 0 Å². The van der Waals surface area contributed by atoms with Crippen LogP contribution < -0.4 is 24.4 Å². The molecule has 1 unspecified atom stereocenters. The van der Waals surface area contributed by atoms with Crippen LogP contribution in [0.2, 0.25) is 0 Å². The third-order valence-electron chi connectivity index (χ3n) is 7.75. The zero-order valence-electron chi connectivity index (χ0n) is 25.4. The highest BCUT2D eigenvalue weighted by atomic mass is 16.5. The van der Waals surface area contributed by atoms with Crippen molar-refractivity contribution in [3.63, 3.8) is 0 Å². The van der Waals surface area contributed by atoms with Crippen molar-refractivity contribution in [1.82, 2.24) is 4.90 Å². The van der Waals surface area contributed by atoms with Crippen molar-refractivity contribution in [1.29, 1.82) is 0 Å². The maximum atomic E-state index is 14.4. The Labute approximate surface area is 261 Å². The summed E-state index contributed by atoms with van der Waals surface area (Å²) in [6, 6.07) is 24.8. The number of nitrogens with one attached hydrogen (secondary N) is 1. The van der Waals surface area contributed by atoms with Crippen LogP contribution in [0.3, 0.4) is 0 Å². The number of benzene rings is 4. The molecule has 0 bridgehead atoms. The first-order valence-corrected chi connectivity index (χ1v) is 14.2. The van der Waals surface area contributed by atoms with Crippen LogP contribution in [0.15, 0.2) is 91.0 Å². The average molecular weight is 608 g/mol. The van der Waals surface area contributed by atoms with Crippen LogP contribution in [0.5, 0.6) is 17.2 Å². The number of rotatable bonds is 11. The Morgan fingerprint density at radius 2 is 1.49 bits per heavy atom. The van der Waals surface area contributed by atoms with E-state index >= 15 is 0 Å². The van der Waals surface area contributed by atoms with E-state index < -0.39 is 36.1 Å². The van der Waals surface area contributed by atoms with Gasteiger partial charge in [-0.25, -0.2) is 0 Å². The van der Waals surface area contributed by atoms with Gasteiger partial charge < -0.3 is 24.4 Å². The minimum Gasteiger partial charge on any atom is -0.497 e. The Balaban J connectivity index is 1.58. The van der Waals surface area contributed by atoms with E-state index in [1.165, 1.54) is 31.1 Å². The van der Waals surface area contributed by atoms with Gasteiger partial charge in [-0.2, -0.15) is 0 Å². The summed E-state index contributed by atoms with van der Waals surface area (Å²) in [6.45, 7) is 1.52. The van der Waals surface area contributed by atoms with E-state index in [2.05, 4.69) is 5.32 Å². The topological polar surface area (TPSA) is 114 Å². The number of carbonyl (C=O) groups excluding carboxylic acids is 4. The number of methoxy groups -OCH3 is 3. The quantitative estimate of drug-likeness (QED) is 0.240. The number of aryl methyl sites for hydroxylation is 1. The molecular formula is C35H33N3O7. The van der Waals surface area contributed by atoms with Gasteiger partial charge in [0.2, 0.25) is 5.91 Å². The van der Waals surface area contributed by atoms with Crippen LogP contribution in [0.1, 0.15) is 33.1 Å². The molecule has 4 aromatic rings. The molecule has 0 radical (unpaired) electrons. The number of hydrogen-bond donors (Lipinski definition) is 1. The third kappa shape index (κ3) is 6.35. The number of amides is 3. The number of Topliss-reactive ketones (excluding diaryl/α,β-unsaturated/α-hetero) is 1. The summed E-state index contributed by atoms with van der Waals surface area (Å²) in [6.07, 6.45) is 0. The van der Waals surface area contributed by atoms with E-state index in [0.29, 0.717) is 34.2 Å². The molecular weight excluding hydrogens is 574 g/mol. The summed E-state index contributed by atoms with van der Waals surface area (Å²) < 4.78 is 16.1. The molecule has 0 saturated carbocycles. The molecule has 0 aliphatic carbocycles. The molecule has 1 atom stereocenters. The van der Waals surface area contributed by atoms with Crippen molar-refractivity contribution in [3.05, 3.63) is 113 Å². The molecule has 1 aliphatic heterocycles. The van der Waals surface area contributed by atoms with Crippen LogP contribution in [0.4, 0.5) is 11.4 Å². The van der Waals surface area contributed by atoms with E-state index in [-0.39, 0.29) is 12.1 Å². The van der Waals surface area contributed by atoms with Gasteiger partial charge in [-0.3, -0.25) is 24.1 Å². The fourth-order valence-electron chi connectivity index (χ4n) is 5.29. The summed E-state index contributed by atoms with van der Waals surface area (Å²) in [5.74, 6) is -1.05. The standard InChI is InChI=1S/C35H33N3O7/c1-22-9-5-6-10-24(22)20-38(31(39)21-37-29-12-8-7-11-27(29)33(40)35(37)42)32(23-13-15-25(43-2)16-14-23)34(41)36-28-18-17-26(44-3)19-30(28)45-4/h5-19,32H,20-21H2,1-4H3,(H,36,41). The highest BCUT2D eigenvalue weighted by Gasteiger charge is 2.39. The summed E-state index contributed by atoms with van der Waals surface area (Å²) in [5, 5.41) is 2.92. The Morgan fingerprint density at radius 1 is 0.822 bits per heavy atom. The van der Waals surface area contributed by atoms with Gasteiger partial charge in [-0.1, -0.05) is 48.5 Å². The molecule has 5 rings (SSSR count). The highest BCUT2D eigenvalue weighted by molar-refractivity contribution is 6.52. The van der Waals surface area contributed by atoms with E-state index in [4.69, 9.17) is 14.2 Å². The molecule has 10 nitrogen and oxygen atoms in total. The summed E-state index contributed by atoms with van der Waals surface area (Å²) in [7, 11) is 4.54. The average Bonchev–Trinajstić information content (AvgIpc) is 3.30. The molecule has 1 heterocycles. The number of para-hydroxylation sites is 1. The number of carbonyl (C=O) groups is 4. The molecule has 0 fully saturated rings. The lowest BCUT2D eigenvalue weighted by molar-refractivity contribution is -0.139. The first-order chi connectivity index (χ1) is 21.7. The molecule has 1 aliphatic rings. The number of hydrogen-bond acceptors (Lipinski definition) is 7. The molecule has 230 valence electrons. The lowest BCUT2D eigenvalue weighted by Gasteiger charge is -2.33. The normalized spacial score (nSPS) is 12.8. The Hall–Kier alpha value is -5.64. The third-order valence-corrected chi connectivity index (χ3v) is 7.75. The second kappa shape index (κ2) is 13.3. The van der Waals surface area contributed by atoms with Crippen molar-refractivity contribution >= 4 is 34.9 Å².